The average Bonchev–Trinajstić information content (AvgIpc) is 3.11. The first-order valence-corrected chi connectivity index (χ1v) is 8.97. The summed E-state index contributed by atoms with van der Waals surface area (Å²) in [5.41, 5.74) is 7.18. The van der Waals surface area contributed by atoms with Crippen LogP contribution in [0.4, 0.5) is 4.39 Å². The molecule has 0 aliphatic heterocycles. The highest BCUT2D eigenvalue weighted by molar-refractivity contribution is 6.00. The summed E-state index contributed by atoms with van der Waals surface area (Å²) in [6.45, 7) is 0.600. The van der Waals surface area contributed by atoms with Gasteiger partial charge >= 0.3 is 0 Å². The van der Waals surface area contributed by atoms with Gasteiger partial charge in [0.25, 0.3) is 5.91 Å². The van der Waals surface area contributed by atoms with Crippen molar-refractivity contribution >= 4 is 11.8 Å². The number of nitrogens with one attached hydrogen (secondary N) is 1. The Kier molecular flexibility index (Phi) is 6.16. The first-order chi connectivity index (χ1) is 13.6. The van der Waals surface area contributed by atoms with Crippen LogP contribution in [-0.4, -0.2) is 28.1 Å². The summed E-state index contributed by atoms with van der Waals surface area (Å²) in [4.78, 5) is 23.5. The largest absolute Gasteiger partial charge is 0.370 e. The Bertz CT molecular complexity index is 970. The minimum Gasteiger partial charge on any atom is -0.370 e. The number of hydrogen-bond donors (Lipinski definition) is 2. The van der Waals surface area contributed by atoms with Crippen molar-refractivity contribution in [2.75, 3.05) is 6.54 Å². The van der Waals surface area contributed by atoms with Crippen LogP contribution in [0.5, 0.6) is 0 Å². The number of carbonyl (C=O) groups excluding carboxylic acids is 2. The fourth-order valence-electron chi connectivity index (χ4n) is 2.93. The molecule has 1 aromatic heterocycles. The lowest BCUT2D eigenvalue weighted by molar-refractivity contribution is -0.117. The van der Waals surface area contributed by atoms with Crippen LogP contribution in [-0.2, 0) is 17.8 Å². The molecule has 2 amide bonds. The summed E-state index contributed by atoms with van der Waals surface area (Å²) in [7, 11) is 0. The number of nitrogens with two attached hydrogens (primary N) is 1. The summed E-state index contributed by atoms with van der Waals surface area (Å²) in [5, 5.41) is 6.94. The highest BCUT2D eigenvalue weighted by Gasteiger charge is 2.21. The van der Waals surface area contributed by atoms with Gasteiger partial charge < -0.3 is 11.1 Å². The number of primary amides is 1. The van der Waals surface area contributed by atoms with Gasteiger partial charge in [0, 0.05) is 25.1 Å². The fourth-order valence-corrected chi connectivity index (χ4v) is 2.93. The van der Waals surface area contributed by atoms with Crippen LogP contribution in [0.2, 0.25) is 0 Å². The molecule has 0 atom stereocenters. The third-order valence-corrected chi connectivity index (χ3v) is 4.33. The predicted octanol–water partition coefficient (Wildman–Crippen LogP) is 2.54. The second kappa shape index (κ2) is 8.94. The van der Waals surface area contributed by atoms with E-state index in [0.29, 0.717) is 24.2 Å². The van der Waals surface area contributed by atoms with Crippen molar-refractivity contribution in [3.63, 3.8) is 0 Å². The van der Waals surface area contributed by atoms with Crippen LogP contribution in [0.25, 0.3) is 11.3 Å². The number of rotatable bonds is 8. The van der Waals surface area contributed by atoms with Gasteiger partial charge in [0.05, 0.1) is 17.5 Å². The van der Waals surface area contributed by atoms with E-state index in [2.05, 4.69) is 10.4 Å². The van der Waals surface area contributed by atoms with E-state index in [1.807, 2.05) is 30.3 Å². The molecule has 7 heteroatoms. The fraction of sp³-hybridized carbons (Fsp3) is 0.190. The van der Waals surface area contributed by atoms with Gasteiger partial charge in [-0.25, -0.2) is 4.39 Å². The van der Waals surface area contributed by atoms with Crippen molar-refractivity contribution in [2.45, 2.75) is 19.4 Å². The van der Waals surface area contributed by atoms with Crippen molar-refractivity contribution in [2.24, 2.45) is 5.73 Å². The van der Waals surface area contributed by atoms with E-state index >= 15 is 0 Å². The maximum atomic E-state index is 14.5. The zero-order chi connectivity index (χ0) is 19.9. The molecular formula is C21H21FN4O2. The Morgan fingerprint density at radius 1 is 1.07 bits per heavy atom. The molecular weight excluding hydrogens is 359 g/mol. The third kappa shape index (κ3) is 4.62. The number of halogens is 1. The lowest BCUT2D eigenvalue weighted by Crippen LogP contribution is -2.28. The van der Waals surface area contributed by atoms with Crippen LogP contribution in [0.3, 0.4) is 0 Å². The van der Waals surface area contributed by atoms with E-state index in [0.717, 1.165) is 5.56 Å². The minimum atomic E-state index is -0.506. The van der Waals surface area contributed by atoms with Crippen molar-refractivity contribution in [3.8, 4) is 11.3 Å². The number of benzene rings is 2. The molecule has 3 rings (SSSR count). The molecule has 0 fully saturated rings. The molecule has 3 aromatic rings. The lowest BCUT2D eigenvalue weighted by Gasteiger charge is -2.11. The Labute approximate surface area is 162 Å². The van der Waals surface area contributed by atoms with Crippen LogP contribution < -0.4 is 11.1 Å². The van der Waals surface area contributed by atoms with E-state index in [1.165, 1.54) is 12.3 Å². The van der Waals surface area contributed by atoms with Crippen molar-refractivity contribution in [1.82, 2.24) is 15.1 Å². The summed E-state index contributed by atoms with van der Waals surface area (Å²) < 4.78 is 16.1. The smallest absolute Gasteiger partial charge is 0.255 e. The monoisotopic (exact) mass is 380 g/mol. The molecule has 0 saturated heterocycles. The zero-order valence-electron chi connectivity index (χ0n) is 15.3. The molecule has 0 aliphatic carbocycles. The average molecular weight is 380 g/mol. The van der Waals surface area contributed by atoms with Crippen LogP contribution >= 0.6 is 0 Å². The van der Waals surface area contributed by atoms with Crippen molar-refractivity contribution in [3.05, 3.63) is 77.7 Å². The van der Waals surface area contributed by atoms with Crippen molar-refractivity contribution in [1.29, 1.82) is 0 Å². The van der Waals surface area contributed by atoms with Crippen LogP contribution in [0.15, 0.2) is 60.8 Å². The lowest BCUT2D eigenvalue weighted by atomic mass is 10.1. The number of hydrogen-bond acceptors (Lipinski definition) is 3. The molecule has 144 valence electrons. The number of aromatic nitrogens is 2. The molecule has 2 aromatic carbocycles. The molecule has 0 unspecified atom stereocenters. The van der Waals surface area contributed by atoms with Gasteiger partial charge in [0.1, 0.15) is 5.82 Å². The van der Waals surface area contributed by atoms with Gasteiger partial charge in [-0.3, -0.25) is 14.3 Å². The summed E-state index contributed by atoms with van der Waals surface area (Å²) >= 11 is 0. The van der Waals surface area contributed by atoms with E-state index < -0.39 is 17.6 Å². The molecule has 6 nitrogen and oxygen atoms in total. The van der Waals surface area contributed by atoms with Crippen LogP contribution in [0.1, 0.15) is 22.3 Å². The van der Waals surface area contributed by atoms with Gasteiger partial charge in [0.15, 0.2) is 0 Å². The van der Waals surface area contributed by atoms with E-state index in [-0.39, 0.29) is 18.5 Å². The zero-order valence-corrected chi connectivity index (χ0v) is 15.3. The molecule has 3 N–H and O–H groups in total. The Balaban J connectivity index is 1.89. The second-order valence-corrected chi connectivity index (χ2v) is 6.32. The summed E-state index contributed by atoms with van der Waals surface area (Å²) in [6.07, 6.45) is 2.14. The van der Waals surface area contributed by atoms with Gasteiger partial charge in [-0.05, 0) is 24.1 Å². The normalized spacial score (nSPS) is 10.6. The maximum absolute atomic E-state index is 14.5. The van der Waals surface area contributed by atoms with Gasteiger partial charge in [0.2, 0.25) is 5.91 Å². The topological polar surface area (TPSA) is 90.0 Å². The van der Waals surface area contributed by atoms with Crippen molar-refractivity contribution < 1.29 is 14.0 Å². The van der Waals surface area contributed by atoms with E-state index in [1.54, 1.807) is 22.9 Å². The first-order valence-electron chi connectivity index (χ1n) is 8.97. The Hall–Kier alpha value is -3.48. The van der Waals surface area contributed by atoms with E-state index in [9.17, 15) is 14.0 Å². The highest BCUT2D eigenvalue weighted by Crippen LogP contribution is 2.27. The Morgan fingerprint density at radius 2 is 1.79 bits per heavy atom. The maximum Gasteiger partial charge on any atom is 0.255 e. The summed E-state index contributed by atoms with van der Waals surface area (Å²) in [5.74, 6) is -1.37. The van der Waals surface area contributed by atoms with E-state index in [4.69, 9.17) is 5.73 Å². The standard InChI is InChI=1S/C21H21FN4O2/c22-18-9-5-4-8-16(18)20-17(21(28)24-12-10-19(23)27)14-25-26(20)13-11-15-6-2-1-3-7-15/h1-9,14H,10-13H2,(H2,23,27)(H,24,28). The molecule has 0 bridgehead atoms. The van der Waals surface area contributed by atoms with Gasteiger partial charge in [-0.1, -0.05) is 42.5 Å². The molecule has 0 saturated carbocycles. The second-order valence-electron chi connectivity index (χ2n) is 6.32. The quantitative estimate of drug-likeness (QED) is 0.629. The first kappa shape index (κ1) is 19.3. The third-order valence-electron chi connectivity index (χ3n) is 4.33. The number of nitrogens with zero attached hydrogens (tertiary/aromatic N) is 2. The Morgan fingerprint density at radius 3 is 2.50 bits per heavy atom. The predicted molar refractivity (Wildman–Crippen MR) is 104 cm³/mol. The summed E-state index contributed by atoms with van der Waals surface area (Å²) in [6, 6.07) is 16.1. The molecule has 1 heterocycles. The minimum absolute atomic E-state index is 0.0307. The molecule has 0 aliphatic rings. The molecule has 28 heavy (non-hydrogen) atoms. The number of carbonyl (C=O) groups is 2. The molecule has 0 spiro atoms. The van der Waals surface area contributed by atoms with Gasteiger partial charge in [-0.15, -0.1) is 0 Å². The SMILES string of the molecule is NC(=O)CCNC(=O)c1cnn(CCc2ccccc2)c1-c1ccccc1F. The van der Waals surface area contributed by atoms with Crippen LogP contribution in [0, 0.1) is 5.82 Å². The number of aryl methyl sites for hydroxylation is 2. The molecule has 0 radical (unpaired) electrons. The number of amides is 2. The van der Waals surface area contributed by atoms with Gasteiger partial charge in [-0.2, -0.15) is 5.10 Å². The highest BCUT2D eigenvalue weighted by atomic mass is 19.1.